The number of aliphatic imine (C=N–C) groups is 2. The van der Waals surface area contributed by atoms with Crippen LogP contribution in [0.25, 0.3) is 0 Å². The Morgan fingerprint density at radius 2 is 1.00 bits per heavy atom. The molecule has 0 aliphatic heterocycles. The van der Waals surface area contributed by atoms with Gasteiger partial charge in [-0.2, -0.15) is 11.8 Å². The number of hydrogen-bond acceptors (Lipinski definition) is 12. The van der Waals surface area contributed by atoms with Gasteiger partial charge in [-0.15, -0.1) is 0 Å². The Morgan fingerprint density at radius 1 is 0.596 bits per heavy atom. The van der Waals surface area contributed by atoms with E-state index in [-0.39, 0.29) is 68.9 Å². The van der Waals surface area contributed by atoms with Crippen LogP contribution in [0.3, 0.4) is 0 Å². The molecular formula is C34H65N13O9S. The average molecular weight is 832 g/mol. The predicted octanol–water partition coefficient (Wildman–Crippen LogP) is -4.12. The van der Waals surface area contributed by atoms with Gasteiger partial charge in [0.1, 0.15) is 36.3 Å². The molecule has 23 heteroatoms. The Hall–Kier alpha value is -4.90. The van der Waals surface area contributed by atoms with Crippen LogP contribution in [0.15, 0.2) is 9.98 Å². The zero-order valence-corrected chi connectivity index (χ0v) is 34.5. The molecule has 7 atom stereocenters. The first kappa shape index (κ1) is 52.1. The van der Waals surface area contributed by atoms with Crippen molar-refractivity contribution in [3.8, 4) is 0 Å². The monoisotopic (exact) mass is 831 g/mol. The molecule has 0 bridgehead atoms. The highest BCUT2D eigenvalue weighted by molar-refractivity contribution is 7.98. The van der Waals surface area contributed by atoms with E-state index in [1.165, 1.54) is 18.7 Å². The zero-order chi connectivity index (χ0) is 43.8. The summed E-state index contributed by atoms with van der Waals surface area (Å²) in [6, 6.07) is -8.51. The maximum atomic E-state index is 13.8. The van der Waals surface area contributed by atoms with E-state index in [4.69, 9.17) is 28.7 Å². The molecule has 0 heterocycles. The van der Waals surface area contributed by atoms with E-state index in [2.05, 4.69) is 41.9 Å². The maximum Gasteiger partial charge on any atom is 0.328 e. The summed E-state index contributed by atoms with van der Waals surface area (Å²) in [6.07, 6.45) is 2.60. The van der Waals surface area contributed by atoms with Crippen LogP contribution >= 0.6 is 11.8 Å². The number of aliphatic hydroxyl groups is 1. The third-order valence-corrected chi connectivity index (χ3v) is 8.95. The minimum atomic E-state index is -1.60. The second-order valence-corrected chi connectivity index (χ2v) is 15.1. The first-order valence-electron chi connectivity index (χ1n) is 18.7. The molecule has 0 aliphatic carbocycles. The molecule has 0 aliphatic rings. The van der Waals surface area contributed by atoms with Crippen molar-refractivity contribution in [3.63, 3.8) is 0 Å². The Morgan fingerprint density at radius 3 is 1.42 bits per heavy atom. The molecule has 0 saturated carbocycles. The van der Waals surface area contributed by atoms with Crippen LogP contribution < -0.4 is 60.6 Å². The van der Waals surface area contributed by atoms with Crippen molar-refractivity contribution in [1.29, 1.82) is 0 Å². The number of aliphatic hydroxyl groups excluding tert-OH is 1. The van der Waals surface area contributed by atoms with Crippen LogP contribution in [0, 0.1) is 11.8 Å². The molecule has 57 heavy (non-hydrogen) atoms. The van der Waals surface area contributed by atoms with Gasteiger partial charge in [0.2, 0.25) is 35.4 Å². The lowest BCUT2D eigenvalue weighted by Crippen LogP contribution is -2.59. The van der Waals surface area contributed by atoms with E-state index in [0.29, 0.717) is 12.2 Å². The number of guanidine groups is 2. The Bertz CT molecular complexity index is 1390. The second-order valence-electron chi connectivity index (χ2n) is 14.1. The number of amides is 6. The number of nitrogens with two attached hydrogens (primary N) is 5. The molecule has 18 N–H and O–H groups in total. The Balaban J connectivity index is 6.23. The highest BCUT2D eigenvalue weighted by atomic mass is 32.2. The second kappa shape index (κ2) is 27.7. The normalized spacial score (nSPS) is 14.7. The largest absolute Gasteiger partial charge is 0.480 e. The predicted molar refractivity (Wildman–Crippen MR) is 217 cm³/mol. The van der Waals surface area contributed by atoms with E-state index >= 15 is 0 Å². The number of hydrogen-bond donors (Lipinski definition) is 13. The number of nitrogens with one attached hydrogen (secondary N) is 6. The molecule has 0 aromatic rings. The fourth-order valence-electron chi connectivity index (χ4n) is 5.00. The fraction of sp³-hybridized carbons (Fsp3) is 0.735. The molecule has 6 amide bonds. The first-order chi connectivity index (χ1) is 26.6. The molecule has 22 nitrogen and oxygen atoms in total. The number of carbonyl (C=O) groups is 7. The number of thioether (sulfide) groups is 1. The highest BCUT2D eigenvalue weighted by Crippen LogP contribution is 2.10. The average Bonchev–Trinajstić information content (AvgIpc) is 3.12. The summed E-state index contributed by atoms with van der Waals surface area (Å²) in [5.74, 6) is -6.17. The number of carboxylic acid groups (broad SMARTS) is 1. The molecule has 0 saturated heterocycles. The summed E-state index contributed by atoms with van der Waals surface area (Å²) in [5.41, 5.74) is 27.6. The lowest BCUT2D eigenvalue weighted by Gasteiger charge is -2.27. The summed E-state index contributed by atoms with van der Waals surface area (Å²) in [5, 5.41) is 33.9. The van der Waals surface area contributed by atoms with Crippen molar-refractivity contribution in [2.75, 3.05) is 31.7 Å². The van der Waals surface area contributed by atoms with Gasteiger partial charge >= 0.3 is 5.97 Å². The molecule has 0 spiro atoms. The molecule has 0 fully saturated rings. The molecule has 0 unspecified atom stereocenters. The van der Waals surface area contributed by atoms with Gasteiger partial charge in [-0.1, -0.05) is 27.7 Å². The molecule has 0 aromatic heterocycles. The van der Waals surface area contributed by atoms with E-state index < -0.39 is 90.3 Å². The summed E-state index contributed by atoms with van der Waals surface area (Å²) >= 11 is 1.38. The standard InChI is InChI=1S/C34H65N13O9S/c1-17(2)15-23(30(53)44-22(11-14-57-6)29(52)47-24(16-48)32(55)56)46-28(51)21(10-8-13-41-34(38)39)43-26(49)19(5)42-27(50)20(9-7-12-40-33(36)37)45-31(54)25(35)18(3)4/h17-25,48H,7-16,35H2,1-6H3,(H,42,50)(H,43,49)(H,44,53)(H,45,54)(H,46,51)(H,47,52)(H,55,56)(H4,36,37,40)(H4,38,39,41)/t19-,20-,21-,22-,23-,24-,25-/m0/s1. The van der Waals surface area contributed by atoms with Gasteiger partial charge in [0.05, 0.1) is 12.6 Å². The quantitative estimate of drug-likeness (QED) is 0.0202. The number of carboxylic acids is 1. The third-order valence-electron chi connectivity index (χ3n) is 8.31. The van der Waals surface area contributed by atoms with Gasteiger partial charge in [0.15, 0.2) is 11.9 Å². The van der Waals surface area contributed by atoms with Crippen LogP contribution in [0.1, 0.15) is 73.1 Å². The smallest absolute Gasteiger partial charge is 0.328 e. The van der Waals surface area contributed by atoms with Crippen molar-refractivity contribution in [1.82, 2.24) is 31.9 Å². The Labute approximate surface area is 337 Å². The summed E-state index contributed by atoms with van der Waals surface area (Å²) < 4.78 is 0. The van der Waals surface area contributed by atoms with Crippen LogP contribution in [0.4, 0.5) is 0 Å². The van der Waals surface area contributed by atoms with Crippen molar-refractivity contribution in [2.45, 2.75) is 115 Å². The van der Waals surface area contributed by atoms with Gasteiger partial charge < -0.3 is 70.8 Å². The SMILES string of the molecule is CSCC[C@H](NC(=O)[C@H](CC(C)C)NC(=O)[C@H](CCCN=C(N)N)NC(=O)[C@H](C)NC(=O)[C@H](CCCN=C(N)N)NC(=O)[C@@H](N)C(C)C)C(=O)N[C@@H](CO)C(=O)O. The first-order valence-corrected chi connectivity index (χ1v) is 20.0. The summed E-state index contributed by atoms with van der Waals surface area (Å²) in [7, 11) is 0. The van der Waals surface area contributed by atoms with Gasteiger partial charge in [-0.25, -0.2) is 4.79 Å². The number of nitrogens with zero attached hydrogens (tertiary/aromatic N) is 2. The minimum Gasteiger partial charge on any atom is -0.480 e. The van der Waals surface area contributed by atoms with Crippen LogP contribution in [0.2, 0.25) is 0 Å². The van der Waals surface area contributed by atoms with Crippen LogP contribution in [0.5, 0.6) is 0 Å². The number of rotatable bonds is 28. The van der Waals surface area contributed by atoms with Crippen molar-refractivity contribution >= 4 is 65.1 Å². The summed E-state index contributed by atoms with van der Waals surface area (Å²) in [6.45, 7) is 7.85. The minimum absolute atomic E-state index is 0.00189. The lowest BCUT2D eigenvalue weighted by molar-refractivity contribution is -0.143. The number of carbonyl (C=O) groups excluding carboxylic acids is 6. The van der Waals surface area contributed by atoms with Crippen LogP contribution in [-0.4, -0.2) is 138 Å². The molecule has 326 valence electrons. The third kappa shape index (κ3) is 21.8. The summed E-state index contributed by atoms with van der Waals surface area (Å²) in [4.78, 5) is 99.2. The van der Waals surface area contributed by atoms with E-state index in [1.807, 2.05) is 0 Å². The lowest BCUT2D eigenvalue weighted by atomic mass is 10.0. The Kier molecular flexibility index (Phi) is 25.3. The van der Waals surface area contributed by atoms with Crippen molar-refractivity contribution in [2.24, 2.45) is 50.5 Å². The molecule has 0 aromatic carbocycles. The molecular weight excluding hydrogens is 767 g/mol. The molecule has 0 radical (unpaired) electrons. The highest BCUT2D eigenvalue weighted by Gasteiger charge is 2.33. The topological polar surface area (TPSA) is 387 Å². The van der Waals surface area contributed by atoms with Gasteiger partial charge in [-0.05, 0) is 69.3 Å². The van der Waals surface area contributed by atoms with E-state index in [9.17, 15) is 43.8 Å². The van der Waals surface area contributed by atoms with Gasteiger partial charge in [0.25, 0.3) is 0 Å². The van der Waals surface area contributed by atoms with Gasteiger partial charge in [-0.3, -0.25) is 38.8 Å². The maximum absolute atomic E-state index is 13.8. The van der Waals surface area contributed by atoms with Gasteiger partial charge in [0, 0.05) is 13.1 Å². The number of aliphatic carboxylic acids is 1. The van der Waals surface area contributed by atoms with E-state index in [1.54, 1.807) is 34.0 Å². The zero-order valence-electron chi connectivity index (χ0n) is 33.7. The van der Waals surface area contributed by atoms with Crippen molar-refractivity contribution < 1.29 is 43.8 Å². The molecule has 0 rings (SSSR count). The van der Waals surface area contributed by atoms with E-state index in [0.717, 1.165) is 0 Å². The fourth-order valence-corrected chi connectivity index (χ4v) is 5.47. The van der Waals surface area contributed by atoms with Crippen LogP contribution in [-0.2, 0) is 33.6 Å². The van der Waals surface area contributed by atoms with Crippen molar-refractivity contribution in [3.05, 3.63) is 0 Å².